The van der Waals surface area contributed by atoms with Crippen LogP contribution in [-0.4, -0.2) is 9.55 Å². The van der Waals surface area contributed by atoms with E-state index >= 15 is 0 Å². The lowest BCUT2D eigenvalue weighted by Crippen LogP contribution is -1.99. The molecule has 2 aromatic heterocycles. The minimum Gasteiger partial charge on any atom is -0.408 e. The Hall–Kier alpha value is -2.43. The number of hydrogen-bond acceptors (Lipinski definition) is 3. The fourth-order valence-corrected chi connectivity index (χ4v) is 2.26. The van der Waals surface area contributed by atoms with E-state index < -0.39 is 5.76 Å². The lowest BCUT2D eigenvalue weighted by Gasteiger charge is -2.04. The van der Waals surface area contributed by atoms with Gasteiger partial charge in [0.2, 0.25) is 0 Å². The van der Waals surface area contributed by atoms with E-state index in [1.165, 1.54) is 5.56 Å². The van der Waals surface area contributed by atoms with Crippen molar-refractivity contribution >= 4 is 16.8 Å². The minimum atomic E-state index is -0.422. The van der Waals surface area contributed by atoms with Crippen molar-refractivity contribution in [2.75, 3.05) is 5.32 Å². The largest absolute Gasteiger partial charge is 0.417 e. The van der Waals surface area contributed by atoms with Crippen LogP contribution in [0.15, 0.2) is 45.9 Å². The van der Waals surface area contributed by atoms with Crippen LogP contribution in [-0.2, 0) is 13.1 Å². The predicted molar refractivity (Wildman–Crippen MR) is 78.9 cm³/mol. The molecule has 0 atom stereocenters. The normalized spacial score (nSPS) is 11.1. The van der Waals surface area contributed by atoms with Gasteiger partial charge >= 0.3 is 5.76 Å². The molecule has 0 saturated heterocycles. The molecule has 0 unspecified atom stereocenters. The summed E-state index contributed by atoms with van der Waals surface area (Å²) in [4.78, 5) is 13.7. The smallest absolute Gasteiger partial charge is 0.408 e. The van der Waals surface area contributed by atoms with E-state index in [4.69, 9.17) is 4.42 Å². The van der Waals surface area contributed by atoms with Gasteiger partial charge in [0, 0.05) is 31.2 Å². The SMILES string of the molecule is CCCn1ccc(CNc2ccc3oc(=O)[nH]c3c2)c1. The number of oxazole rings is 1. The first-order valence-corrected chi connectivity index (χ1v) is 6.76. The molecule has 2 heterocycles. The average Bonchev–Trinajstić information content (AvgIpc) is 3.01. The van der Waals surface area contributed by atoms with Crippen LogP contribution in [0.25, 0.3) is 11.1 Å². The molecule has 104 valence electrons. The van der Waals surface area contributed by atoms with E-state index in [2.05, 4.69) is 40.3 Å². The Morgan fingerprint density at radius 2 is 2.25 bits per heavy atom. The Morgan fingerprint density at radius 1 is 1.35 bits per heavy atom. The van der Waals surface area contributed by atoms with Crippen LogP contribution < -0.4 is 11.1 Å². The first-order valence-electron chi connectivity index (χ1n) is 6.76. The van der Waals surface area contributed by atoms with Crippen molar-refractivity contribution in [3.63, 3.8) is 0 Å². The second kappa shape index (κ2) is 5.28. The summed E-state index contributed by atoms with van der Waals surface area (Å²) in [5.74, 6) is -0.422. The van der Waals surface area contributed by atoms with Gasteiger partial charge in [0.25, 0.3) is 0 Å². The third-order valence-corrected chi connectivity index (χ3v) is 3.21. The molecule has 20 heavy (non-hydrogen) atoms. The predicted octanol–water partition coefficient (Wildman–Crippen LogP) is 2.94. The number of H-pyrrole nitrogens is 1. The van der Waals surface area contributed by atoms with Crippen LogP contribution in [0.3, 0.4) is 0 Å². The molecule has 3 rings (SSSR count). The molecular formula is C15H17N3O2. The summed E-state index contributed by atoms with van der Waals surface area (Å²) in [7, 11) is 0. The molecule has 1 aromatic carbocycles. The number of benzene rings is 1. The van der Waals surface area contributed by atoms with Crippen LogP contribution in [0.5, 0.6) is 0 Å². The van der Waals surface area contributed by atoms with Crippen LogP contribution in [0.1, 0.15) is 18.9 Å². The topological polar surface area (TPSA) is 63.0 Å². The maximum atomic E-state index is 11.1. The van der Waals surface area contributed by atoms with Crippen molar-refractivity contribution in [2.45, 2.75) is 26.4 Å². The summed E-state index contributed by atoms with van der Waals surface area (Å²) in [6.45, 7) is 3.96. The van der Waals surface area contributed by atoms with E-state index in [0.29, 0.717) is 11.1 Å². The summed E-state index contributed by atoms with van der Waals surface area (Å²) in [5, 5.41) is 3.34. The molecule has 0 amide bonds. The number of aromatic amines is 1. The summed E-state index contributed by atoms with van der Waals surface area (Å²) < 4.78 is 7.16. The molecule has 0 bridgehead atoms. The van der Waals surface area contributed by atoms with Gasteiger partial charge in [-0.3, -0.25) is 4.98 Å². The zero-order valence-corrected chi connectivity index (χ0v) is 11.3. The zero-order chi connectivity index (χ0) is 13.9. The standard InChI is InChI=1S/C15H17N3O2/c1-2-6-18-7-5-11(10-18)9-16-12-3-4-14-13(8-12)17-15(19)20-14/h3-5,7-8,10,16H,2,6,9H2,1H3,(H,17,19). The van der Waals surface area contributed by atoms with Crippen molar-refractivity contribution in [2.24, 2.45) is 0 Å². The molecule has 5 heteroatoms. The highest BCUT2D eigenvalue weighted by molar-refractivity contribution is 5.76. The fourth-order valence-electron chi connectivity index (χ4n) is 2.26. The monoisotopic (exact) mass is 271 g/mol. The number of aromatic nitrogens is 2. The molecule has 0 fully saturated rings. The Kier molecular flexibility index (Phi) is 3.33. The number of hydrogen-bond donors (Lipinski definition) is 2. The fraction of sp³-hybridized carbons (Fsp3) is 0.267. The van der Waals surface area contributed by atoms with Crippen LogP contribution >= 0.6 is 0 Å². The minimum absolute atomic E-state index is 0.422. The van der Waals surface area contributed by atoms with Crippen molar-refractivity contribution in [3.05, 3.63) is 52.8 Å². The summed E-state index contributed by atoms with van der Waals surface area (Å²) in [6.07, 6.45) is 5.37. The van der Waals surface area contributed by atoms with Gasteiger partial charge in [-0.05, 0) is 36.2 Å². The number of anilines is 1. The zero-order valence-electron chi connectivity index (χ0n) is 11.3. The van der Waals surface area contributed by atoms with Crippen molar-refractivity contribution in [1.29, 1.82) is 0 Å². The average molecular weight is 271 g/mol. The number of nitrogens with zero attached hydrogens (tertiary/aromatic N) is 1. The molecule has 3 aromatic rings. The first-order chi connectivity index (χ1) is 9.74. The molecule has 0 aliphatic heterocycles. The summed E-state index contributed by atoms with van der Waals surface area (Å²) >= 11 is 0. The molecule has 2 N–H and O–H groups in total. The molecule has 0 radical (unpaired) electrons. The third kappa shape index (κ3) is 2.61. The van der Waals surface area contributed by atoms with Crippen LogP contribution in [0.4, 0.5) is 5.69 Å². The van der Waals surface area contributed by atoms with Crippen molar-refractivity contribution in [3.8, 4) is 0 Å². The first kappa shape index (κ1) is 12.6. The van der Waals surface area contributed by atoms with Crippen molar-refractivity contribution in [1.82, 2.24) is 9.55 Å². The van der Waals surface area contributed by atoms with Crippen LogP contribution in [0, 0.1) is 0 Å². The Bertz CT molecular complexity index is 767. The van der Waals surface area contributed by atoms with Gasteiger partial charge in [-0.2, -0.15) is 0 Å². The summed E-state index contributed by atoms with van der Waals surface area (Å²) in [5.41, 5.74) is 3.48. The molecular weight excluding hydrogens is 254 g/mol. The third-order valence-electron chi connectivity index (χ3n) is 3.21. The van der Waals surface area contributed by atoms with Gasteiger partial charge in [0.15, 0.2) is 5.58 Å². The van der Waals surface area contributed by atoms with E-state index in [0.717, 1.165) is 25.2 Å². The number of rotatable bonds is 5. The lowest BCUT2D eigenvalue weighted by atomic mass is 10.2. The highest BCUT2D eigenvalue weighted by Crippen LogP contribution is 2.17. The quantitative estimate of drug-likeness (QED) is 0.750. The van der Waals surface area contributed by atoms with Gasteiger partial charge in [-0.25, -0.2) is 4.79 Å². The summed E-state index contributed by atoms with van der Waals surface area (Å²) in [6, 6.07) is 7.68. The number of aryl methyl sites for hydroxylation is 1. The molecule has 0 saturated carbocycles. The Labute approximate surface area is 116 Å². The maximum absolute atomic E-state index is 11.1. The number of fused-ring (bicyclic) bond motifs is 1. The van der Waals surface area contributed by atoms with E-state index in [1.54, 1.807) is 6.07 Å². The Balaban J connectivity index is 1.70. The molecule has 0 aliphatic rings. The van der Waals surface area contributed by atoms with Gasteiger partial charge in [-0.15, -0.1) is 0 Å². The second-order valence-corrected chi connectivity index (χ2v) is 4.84. The molecule has 0 aliphatic carbocycles. The Morgan fingerprint density at radius 3 is 3.10 bits per heavy atom. The maximum Gasteiger partial charge on any atom is 0.417 e. The second-order valence-electron chi connectivity index (χ2n) is 4.84. The van der Waals surface area contributed by atoms with E-state index in [1.807, 2.05) is 12.1 Å². The molecule has 5 nitrogen and oxygen atoms in total. The number of nitrogens with one attached hydrogen (secondary N) is 2. The van der Waals surface area contributed by atoms with Gasteiger partial charge in [-0.1, -0.05) is 6.92 Å². The van der Waals surface area contributed by atoms with E-state index in [9.17, 15) is 4.79 Å². The highest BCUT2D eigenvalue weighted by Gasteiger charge is 2.02. The van der Waals surface area contributed by atoms with Gasteiger partial charge < -0.3 is 14.3 Å². The van der Waals surface area contributed by atoms with Gasteiger partial charge in [0.1, 0.15) is 0 Å². The highest BCUT2D eigenvalue weighted by atomic mass is 16.4. The lowest BCUT2D eigenvalue weighted by molar-refractivity contribution is 0.555. The van der Waals surface area contributed by atoms with Crippen molar-refractivity contribution < 1.29 is 4.42 Å². The van der Waals surface area contributed by atoms with Crippen LogP contribution in [0.2, 0.25) is 0 Å². The molecule has 0 spiro atoms. The van der Waals surface area contributed by atoms with Gasteiger partial charge in [0.05, 0.1) is 5.52 Å². The van der Waals surface area contributed by atoms with E-state index in [-0.39, 0.29) is 0 Å².